The quantitative estimate of drug-likeness (QED) is 0.360. The third-order valence-electron chi connectivity index (χ3n) is 2.94. The zero-order valence-electron chi connectivity index (χ0n) is 12.1. The minimum atomic E-state index is 0. The first kappa shape index (κ1) is 18.6. The van der Waals surface area contributed by atoms with E-state index in [0.717, 1.165) is 13.1 Å². The summed E-state index contributed by atoms with van der Waals surface area (Å²) in [6.07, 6.45) is 2.09. The van der Waals surface area contributed by atoms with Gasteiger partial charge in [0, 0.05) is 18.0 Å². The van der Waals surface area contributed by atoms with Gasteiger partial charge in [-0.1, -0.05) is 12.1 Å². The molecule has 108 valence electrons. The highest BCUT2D eigenvalue weighted by molar-refractivity contribution is 14.0. The van der Waals surface area contributed by atoms with E-state index in [-0.39, 0.29) is 24.0 Å². The molecule has 1 rings (SSSR count). The van der Waals surface area contributed by atoms with Gasteiger partial charge in [0.2, 0.25) is 0 Å². The van der Waals surface area contributed by atoms with Gasteiger partial charge >= 0.3 is 0 Å². The summed E-state index contributed by atoms with van der Waals surface area (Å²) in [7, 11) is 0. The van der Waals surface area contributed by atoms with Crippen LogP contribution in [0.4, 0.5) is 0 Å². The van der Waals surface area contributed by atoms with Crippen LogP contribution in [0.2, 0.25) is 0 Å². The number of rotatable bonds is 5. The maximum Gasteiger partial charge on any atom is 0.191 e. The molecule has 0 saturated heterocycles. The van der Waals surface area contributed by atoms with Crippen molar-refractivity contribution in [3.63, 3.8) is 0 Å². The minimum Gasteiger partial charge on any atom is -0.370 e. The smallest absolute Gasteiger partial charge is 0.191 e. The largest absolute Gasteiger partial charge is 0.370 e. The van der Waals surface area contributed by atoms with Crippen LogP contribution in [0.3, 0.4) is 0 Å². The molecule has 0 aliphatic carbocycles. The van der Waals surface area contributed by atoms with Crippen molar-refractivity contribution in [2.24, 2.45) is 10.7 Å². The Morgan fingerprint density at radius 3 is 2.47 bits per heavy atom. The Hall–Kier alpha value is -0.430. The Morgan fingerprint density at radius 1 is 1.32 bits per heavy atom. The molecule has 0 aliphatic heterocycles. The highest BCUT2D eigenvalue weighted by Gasteiger charge is 2.04. The number of hydrogen-bond donors (Lipinski definition) is 1. The molecule has 0 aromatic heterocycles. The van der Waals surface area contributed by atoms with Gasteiger partial charge in [-0.3, -0.25) is 0 Å². The van der Waals surface area contributed by atoms with Gasteiger partial charge in [0.25, 0.3) is 0 Å². The molecule has 5 heteroatoms. The second kappa shape index (κ2) is 9.47. The van der Waals surface area contributed by atoms with Crippen LogP contribution in [0, 0.1) is 6.92 Å². The maximum absolute atomic E-state index is 5.98. The van der Waals surface area contributed by atoms with Gasteiger partial charge < -0.3 is 10.6 Å². The lowest BCUT2D eigenvalue weighted by Crippen LogP contribution is -2.37. The number of aryl methyl sites for hydroxylation is 1. The minimum absolute atomic E-state index is 0. The number of guanidine groups is 1. The third-order valence-corrected chi connectivity index (χ3v) is 3.76. The van der Waals surface area contributed by atoms with E-state index in [2.05, 4.69) is 55.1 Å². The van der Waals surface area contributed by atoms with Crippen molar-refractivity contribution in [2.45, 2.75) is 32.2 Å². The first-order chi connectivity index (χ1) is 8.62. The Labute approximate surface area is 138 Å². The normalized spacial score (nSPS) is 11.1. The lowest BCUT2D eigenvalue weighted by Gasteiger charge is -2.19. The van der Waals surface area contributed by atoms with E-state index in [0.29, 0.717) is 12.5 Å². The van der Waals surface area contributed by atoms with Crippen molar-refractivity contribution in [1.29, 1.82) is 0 Å². The predicted octanol–water partition coefficient (Wildman–Crippen LogP) is 3.49. The summed E-state index contributed by atoms with van der Waals surface area (Å²) >= 11 is 1.76. The van der Waals surface area contributed by atoms with Gasteiger partial charge in [-0.05, 0) is 44.2 Å². The molecule has 0 spiro atoms. The van der Waals surface area contributed by atoms with E-state index >= 15 is 0 Å². The molecule has 0 fully saturated rings. The van der Waals surface area contributed by atoms with E-state index in [1.807, 2.05) is 0 Å². The van der Waals surface area contributed by atoms with Crippen molar-refractivity contribution in [2.75, 3.05) is 19.3 Å². The van der Waals surface area contributed by atoms with Crippen LogP contribution in [0.25, 0.3) is 0 Å². The van der Waals surface area contributed by atoms with Crippen molar-refractivity contribution in [3.8, 4) is 0 Å². The monoisotopic (exact) mass is 393 g/mol. The number of nitrogens with two attached hydrogens (primary N) is 1. The van der Waals surface area contributed by atoms with E-state index in [1.54, 1.807) is 11.8 Å². The molecule has 0 saturated carbocycles. The maximum atomic E-state index is 5.98. The summed E-state index contributed by atoms with van der Waals surface area (Å²) < 4.78 is 0. The topological polar surface area (TPSA) is 41.6 Å². The molecule has 1 aromatic rings. The van der Waals surface area contributed by atoms with Crippen LogP contribution in [0.5, 0.6) is 0 Å². The fourth-order valence-corrected chi connectivity index (χ4v) is 2.49. The lowest BCUT2D eigenvalue weighted by atomic mass is 10.1. The summed E-state index contributed by atoms with van der Waals surface area (Å²) in [5.74, 6) is 0.632. The van der Waals surface area contributed by atoms with Crippen LogP contribution in [0.1, 0.15) is 25.0 Å². The van der Waals surface area contributed by atoms with Crippen molar-refractivity contribution >= 4 is 41.7 Å². The first-order valence-electron chi connectivity index (χ1n) is 6.30. The SMILES string of the molecule is CCN(CC)C(N)=NCc1ccc(C)cc1SC.I. The molecular weight excluding hydrogens is 369 g/mol. The first-order valence-corrected chi connectivity index (χ1v) is 7.53. The number of halogens is 1. The molecule has 3 nitrogen and oxygen atoms in total. The van der Waals surface area contributed by atoms with Crippen molar-refractivity contribution < 1.29 is 0 Å². The van der Waals surface area contributed by atoms with Gasteiger partial charge in [0.15, 0.2) is 5.96 Å². The molecule has 1 aromatic carbocycles. The average molecular weight is 393 g/mol. The van der Waals surface area contributed by atoms with Crippen LogP contribution in [0.15, 0.2) is 28.1 Å². The number of thioether (sulfide) groups is 1. The highest BCUT2D eigenvalue weighted by atomic mass is 127. The average Bonchev–Trinajstić information content (AvgIpc) is 2.38. The lowest BCUT2D eigenvalue weighted by molar-refractivity contribution is 0.458. The predicted molar refractivity (Wildman–Crippen MR) is 96.6 cm³/mol. The van der Waals surface area contributed by atoms with Crippen LogP contribution in [-0.4, -0.2) is 30.2 Å². The Morgan fingerprint density at radius 2 is 1.95 bits per heavy atom. The number of hydrogen-bond acceptors (Lipinski definition) is 2. The summed E-state index contributed by atoms with van der Waals surface area (Å²) in [6.45, 7) is 8.73. The van der Waals surface area contributed by atoms with Crippen LogP contribution < -0.4 is 5.73 Å². The fraction of sp³-hybridized carbons (Fsp3) is 0.500. The molecule has 2 N–H and O–H groups in total. The van der Waals surface area contributed by atoms with E-state index in [9.17, 15) is 0 Å². The van der Waals surface area contributed by atoms with E-state index in [4.69, 9.17) is 5.73 Å². The Balaban J connectivity index is 0.00000324. The molecule has 0 unspecified atom stereocenters. The molecular formula is C14H24IN3S. The van der Waals surface area contributed by atoms with Gasteiger partial charge in [-0.15, -0.1) is 35.7 Å². The second-order valence-electron chi connectivity index (χ2n) is 4.16. The molecule has 0 atom stereocenters. The van der Waals surface area contributed by atoms with Gasteiger partial charge in [0.05, 0.1) is 6.54 Å². The molecule has 0 radical (unpaired) electrons. The van der Waals surface area contributed by atoms with Crippen molar-refractivity contribution in [1.82, 2.24) is 4.90 Å². The van der Waals surface area contributed by atoms with Crippen LogP contribution in [-0.2, 0) is 6.54 Å². The fourth-order valence-electron chi connectivity index (χ4n) is 1.80. The van der Waals surface area contributed by atoms with E-state index in [1.165, 1.54) is 16.0 Å². The zero-order valence-corrected chi connectivity index (χ0v) is 15.3. The number of benzene rings is 1. The van der Waals surface area contributed by atoms with E-state index < -0.39 is 0 Å². The molecule has 19 heavy (non-hydrogen) atoms. The summed E-state index contributed by atoms with van der Waals surface area (Å²) in [5, 5.41) is 0. The zero-order chi connectivity index (χ0) is 13.5. The Bertz CT molecular complexity index is 417. The number of nitrogens with zero attached hydrogens (tertiary/aromatic N) is 2. The second-order valence-corrected chi connectivity index (χ2v) is 5.01. The molecule has 0 aliphatic rings. The van der Waals surface area contributed by atoms with Gasteiger partial charge in [-0.2, -0.15) is 0 Å². The summed E-state index contributed by atoms with van der Waals surface area (Å²) in [4.78, 5) is 7.83. The molecule has 0 bridgehead atoms. The third kappa shape index (κ3) is 5.60. The molecule has 0 amide bonds. The summed E-state index contributed by atoms with van der Waals surface area (Å²) in [6, 6.07) is 6.46. The highest BCUT2D eigenvalue weighted by Crippen LogP contribution is 2.22. The van der Waals surface area contributed by atoms with Crippen LogP contribution >= 0.6 is 35.7 Å². The standard InChI is InChI=1S/C14H23N3S.HI/c1-5-17(6-2)14(15)16-10-12-8-7-11(3)9-13(12)18-4;/h7-9H,5-6,10H2,1-4H3,(H2,15,16);1H. The van der Waals surface area contributed by atoms with Gasteiger partial charge in [0.1, 0.15) is 0 Å². The number of aliphatic imine (C=N–C) groups is 1. The van der Waals surface area contributed by atoms with Gasteiger partial charge in [-0.25, -0.2) is 4.99 Å². The summed E-state index contributed by atoms with van der Waals surface area (Å²) in [5.41, 5.74) is 8.50. The Kier molecular flexibility index (Phi) is 9.26. The van der Waals surface area contributed by atoms with Crippen molar-refractivity contribution in [3.05, 3.63) is 29.3 Å². The molecule has 0 heterocycles.